The van der Waals surface area contributed by atoms with Gasteiger partial charge in [0.1, 0.15) is 17.3 Å². The van der Waals surface area contributed by atoms with Crippen molar-refractivity contribution in [1.29, 1.82) is 5.41 Å². The molecule has 0 atom stereocenters. The number of ketones is 1. The molecule has 33 heavy (non-hydrogen) atoms. The third-order valence-electron chi connectivity index (χ3n) is 5.77. The van der Waals surface area contributed by atoms with Gasteiger partial charge < -0.3 is 20.1 Å². The molecule has 0 fully saturated rings. The number of aromatic hydroxyl groups is 1. The van der Waals surface area contributed by atoms with Gasteiger partial charge in [-0.2, -0.15) is 0 Å². The monoisotopic (exact) mass is 451 g/mol. The predicted octanol–water partition coefficient (Wildman–Crippen LogP) is 4.14. The van der Waals surface area contributed by atoms with Gasteiger partial charge in [0.25, 0.3) is 0 Å². The number of benzene rings is 2. The number of hydrogen-bond acceptors (Lipinski definition) is 5. The molecular formula is C26H33N3O4. The van der Waals surface area contributed by atoms with Gasteiger partial charge in [-0.15, -0.1) is 0 Å². The smallest absolute Gasteiger partial charge is 0.219 e. The molecule has 2 aromatic carbocycles. The van der Waals surface area contributed by atoms with Gasteiger partial charge in [0.05, 0.1) is 13.2 Å². The van der Waals surface area contributed by atoms with Crippen molar-refractivity contribution in [2.75, 3.05) is 13.2 Å². The Bertz CT molecular complexity index is 1090. The van der Waals surface area contributed by atoms with E-state index in [9.17, 15) is 14.7 Å². The topological polar surface area (TPSA) is 103 Å². The molecule has 0 unspecified atom stereocenters. The van der Waals surface area contributed by atoms with E-state index in [1.165, 1.54) is 0 Å². The lowest BCUT2D eigenvalue weighted by molar-refractivity contribution is -0.120. The van der Waals surface area contributed by atoms with Crippen LogP contribution >= 0.6 is 0 Å². The second-order valence-electron chi connectivity index (χ2n) is 9.29. The highest BCUT2D eigenvalue weighted by Crippen LogP contribution is 2.35. The van der Waals surface area contributed by atoms with Crippen LogP contribution in [0, 0.1) is 5.41 Å². The van der Waals surface area contributed by atoms with Crippen molar-refractivity contribution < 1.29 is 19.4 Å². The number of carbonyl (C=O) groups excluding carboxylic acids is 2. The number of fused-ring (bicyclic) bond motifs is 1. The number of Topliss-reactive ketones (excluding diaryl/α,β-unsaturated/α-hetero) is 1. The molecule has 0 bridgehead atoms. The summed E-state index contributed by atoms with van der Waals surface area (Å²) in [6.45, 7) is 10.8. The first-order valence-electron chi connectivity index (χ1n) is 11.3. The Kier molecular flexibility index (Phi) is 7.10. The summed E-state index contributed by atoms with van der Waals surface area (Å²) in [6.07, 6.45) is 0.341. The molecule has 1 aliphatic rings. The summed E-state index contributed by atoms with van der Waals surface area (Å²) in [5.74, 6) is 0.889. The van der Waals surface area contributed by atoms with Crippen molar-refractivity contribution in [2.45, 2.75) is 59.5 Å². The molecule has 0 saturated carbocycles. The molecule has 7 nitrogen and oxygen atoms in total. The highest BCUT2D eigenvalue weighted by molar-refractivity contribution is 6.05. The van der Waals surface area contributed by atoms with Crippen LogP contribution in [0.5, 0.6) is 11.5 Å². The van der Waals surface area contributed by atoms with E-state index in [1.54, 1.807) is 24.0 Å². The van der Waals surface area contributed by atoms with Crippen molar-refractivity contribution in [1.82, 2.24) is 10.2 Å². The van der Waals surface area contributed by atoms with Gasteiger partial charge in [-0.25, -0.2) is 0 Å². The molecule has 1 aliphatic heterocycles. The van der Waals surface area contributed by atoms with Crippen molar-refractivity contribution in [2.24, 2.45) is 0 Å². The second-order valence-corrected chi connectivity index (χ2v) is 9.29. The number of ether oxygens (including phenoxy) is 1. The van der Waals surface area contributed by atoms with Crippen LogP contribution in [-0.4, -0.2) is 40.7 Å². The number of amides is 1. The molecule has 2 aromatic rings. The van der Waals surface area contributed by atoms with Crippen LogP contribution in [0.3, 0.4) is 0 Å². The summed E-state index contributed by atoms with van der Waals surface area (Å²) in [6, 6.07) is 8.99. The third-order valence-corrected chi connectivity index (χ3v) is 5.77. The first kappa shape index (κ1) is 24.3. The number of phenols is 1. The van der Waals surface area contributed by atoms with Gasteiger partial charge >= 0.3 is 0 Å². The minimum Gasteiger partial charge on any atom is -0.507 e. The summed E-state index contributed by atoms with van der Waals surface area (Å²) in [7, 11) is 0. The lowest BCUT2D eigenvalue weighted by Gasteiger charge is -2.24. The summed E-state index contributed by atoms with van der Waals surface area (Å²) in [4.78, 5) is 26.7. The average molecular weight is 452 g/mol. The van der Waals surface area contributed by atoms with Crippen LogP contribution in [0.25, 0.3) is 0 Å². The van der Waals surface area contributed by atoms with Crippen molar-refractivity contribution in [3.63, 3.8) is 0 Å². The Labute approximate surface area is 195 Å². The number of amidine groups is 1. The second kappa shape index (κ2) is 9.65. The van der Waals surface area contributed by atoms with Crippen LogP contribution < -0.4 is 10.1 Å². The molecule has 3 N–H and O–H groups in total. The lowest BCUT2D eigenvalue weighted by atomic mass is 9.83. The molecule has 0 aromatic heterocycles. The minimum atomic E-state index is -0.393. The highest BCUT2D eigenvalue weighted by Gasteiger charge is 2.28. The van der Waals surface area contributed by atoms with Gasteiger partial charge in [-0.05, 0) is 48.2 Å². The van der Waals surface area contributed by atoms with E-state index in [1.807, 2.05) is 45.9 Å². The van der Waals surface area contributed by atoms with Gasteiger partial charge in [-0.3, -0.25) is 15.0 Å². The quantitative estimate of drug-likeness (QED) is 0.524. The lowest BCUT2D eigenvalue weighted by Crippen LogP contribution is -2.30. The number of nitrogens with one attached hydrogen (secondary N) is 2. The van der Waals surface area contributed by atoms with E-state index in [2.05, 4.69) is 5.32 Å². The molecule has 1 heterocycles. The summed E-state index contributed by atoms with van der Waals surface area (Å²) < 4.78 is 5.56. The standard InChI is InChI=1S/C26H33N3O4/c1-6-23(31)28-13-17-10-16(12-21(24(17)32)26(3,4)5)22(30)15-29-14-18-11-19(33-7-2)8-9-20(18)25(29)27/h8-12,27,32H,6-7,13-15H2,1-5H3,(H,28,31). The first-order valence-corrected chi connectivity index (χ1v) is 11.3. The summed E-state index contributed by atoms with van der Waals surface area (Å²) >= 11 is 0. The number of phenolic OH excluding ortho intramolecular Hbond substituents is 1. The fourth-order valence-corrected chi connectivity index (χ4v) is 3.92. The molecule has 0 aliphatic carbocycles. The SMILES string of the molecule is CCOc1ccc2c(c1)CN(CC(=O)c1cc(CNC(=O)CC)c(O)c(C(C)(C)C)c1)C2=N. The normalized spacial score (nSPS) is 13.1. The number of carbonyl (C=O) groups is 2. The molecule has 3 rings (SSSR count). The Morgan fingerprint density at radius 2 is 1.91 bits per heavy atom. The summed E-state index contributed by atoms with van der Waals surface area (Å²) in [5.41, 5.74) is 2.98. The number of hydrogen-bond donors (Lipinski definition) is 3. The largest absolute Gasteiger partial charge is 0.507 e. The maximum atomic E-state index is 13.3. The van der Waals surface area contributed by atoms with Crippen molar-refractivity contribution in [3.05, 3.63) is 58.1 Å². The van der Waals surface area contributed by atoms with Crippen LogP contribution in [-0.2, 0) is 23.3 Å². The van der Waals surface area contributed by atoms with Crippen LogP contribution in [0.2, 0.25) is 0 Å². The van der Waals surface area contributed by atoms with E-state index in [4.69, 9.17) is 10.1 Å². The highest BCUT2D eigenvalue weighted by atomic mass is 16.5. The molecular weight excluding hydrogens is 418 g/mol. The van der Waals surface area contributed by atoms with Crippen molar-refractivity contribution >= 4 is 17.5 Å². The third kappa shape index (κ3) is 5.35. The van der Waals surface area contributed by atoms with Gasteiger partial charge in [0, 0.05) is 41.8 Å². The zero-order valence-corrected chi connectivity index (χ0v) is 20.0. The van der Waals surface area contributed by atoms with Gasteiger partial charge in [-0.1, -0.05) is 27.7 Å². The average Bonchev–Trinajstić information content (AvgIpc) is 3.06. The molecule has 7 heteroatoms. The molecule has 0 radical (unpaired) electrons. The fourth-order valence-electron chi connectivity index (χ4n) is 3.92. The van der Waals surface area contributed by atoms with E-state index in [0.717, 1.165) is 16.9 Å². The van der Waals surface area contributed by atoms with E-state index < -0.39 is 5.41 Å². The van der Waals surface area contributed by atoms with Crippen LogP contribution in [0.1, 0.15) is 73.7 Å². The van der Waals surface area contributed by atoms with E-state index >= 15 is 0 Å². The first-order chi connectivity index (χ1) is 15.5. The van der Waals surface area contributed by atoms with E-state index in [-0.39, 0.29) is 30.5 Å². The minimum absolute atomic E-state index is 0.0482. The number of rotatable bonds is 8. The maximum Gasteiger partial charge on any atom is 0.219 e. The van der Waals surface area contributed by atoms with Crippen molar-refractivity contribution in [3.8, 4) is 11.5 Å². The number of nitrogens with zero attached hydrogens (tertiary/aromatic N) is 1. The fraction of sp³-hybridized carbons (Fsp3) is 0.423. The Hall–Kier alpha value is -3.35. The van der Waals surface area contributed by atoms with Gasteiger partial charge in [0.15, 0.2) is 5.78 Å². The van der Waals surface area contributed by atoms with Gasteiger partial charge in [0.2, 0.25) is 5.91 Å². The maximum absolute atomic E-state index is 13.3. The van der Waals surface area contributed by atoms with Crippen LogP contribution in [0.15, 0.2) is 30.3 Å². The zero-order chi connectivity index (χ0) is 24.3. The van der Waals surface area contributed by atoms with Crippen LogP contribution in [0.4, 0.5) is 0 Å². The summed E-state index contributed by atoms with van der Waals surface area (Å²) in [5, 5.41) is 22.1. The zero-order valence-electron chi connectivity index (χ0n) is 20.0. The Balaban J connectivity index is 1.85. The molecule has 0 saturated heterocycles. The van der Waals surface area contributed by atoms with E-state index in [0.29, 0.717) is 42.1 Å². The molecule has 1 amide bonds. The predicted molar refractivity (Wildman–Crippen MR) is 128 cm³/mol. The molecule has 176 valence electrons. The Morgan fingerprint density at radius 1 is 1.18 bits per heavy atom. The molecule has 0 spiro atoms. The Morgan fingerprint density at radius 3 is 2.55 bits per heavy atom.